The van der Waals surface area contributed by atoms with Crippen LogP contribution in [-0.4, -0.2) is 51.6 Å². The summed E-state index contributed by atoms with van der Waals surface area (Å²) in [6.07, 6.45) is -0.334. The first-order chi connectivity index (χ1) is 15.1. The minimum absolute atomic E-state index is 0.0849. The van der Waals surface area contributed by atoms with Crippen molar-refractivity contribution in [3.63, 3.8) is 0 Å². The molecule has 0 aromatic heterocycles. The molecule has 0 aliphatic rings. The van der Waals surface area contributed by atoms with Crippen LogP contribution in [0.3, 0.4) is 0 Å². The van der Waals surface area contributed by atoms with Crippen molar-refractivity contribution in [2.24, 2.45) is 5.92 Å². The van der Waals surface area contributed by atoms with Crippen molar-refractivity contribution in [3.05, 3.63) is 29.8 Å². The largest absolute Gasteiger partial charge is 0.508 e. The summed E-state index contributed by atoms with van der Waals surface area (Å²) in [5.74, 6) is -0.827. The maximum Gasteiger partial charge on any atom is 0.408 e. The van der Waals surface area contributed by atoms with Gasteiger partial charge in [-0.05, 0) is 66.9 Å². The van der Waals surface area contributed by atoms with Gasteiger partial charge in [-0.25, -0.2) is 4.79 Å². The number of nitrogens with one attached hydrogen (secondary N) is 2. The van der Waals surface area contributed by atoms with Crippen LogP contribution in [-0.2, 0) is 14.3 Å². The van der Waals surface area contributed by atoms with Gasteiger partial charge in [0.15, 0.2) is 0 Å². The van der Waals surface area contributed by atoms with E-state index in [0.717, 1.165) is 0 Å². The number of rotatable bonds is 8. The summed E-state index contributed by atoms with van der Waals surface area (Å²) < 4.78 is 5.35. The van der Waals surface area contributed by atoms with E-state index in [4.69, 9.17) is 4.74 Å². The Balaban J connectivity index is 3.40. The fourth-order valence-electron chi connectivity index (χ4n) is 3.42. The first-order valence-corrected chi connectivity index (χ1v) is 11.5. The van der Waals surface area contributed by atoms with Crippen LogP contribution in [0.15, 0.2) is 24.3 Å². The summed E-state index contributed by atoms with van der Waals surface area (Å²) in [6.45, 7) is 16.6. The zero-order chi connectivity index (χ0) is 25.6. The van der Waals surface area contributed by atoms with E-state index in [1.165, 1.54) is 11.0 Å². The number of amides is 3. The zero-order valence-electron chi connectivity index (χ0n) is 21.5. The molecule has 8 heteroatoms. The average molecular weight is 464 g/mol. The molecule has 2 atom stereocenters. The molecule has 1 aromatic carbocycles. The molecule has 0 saturated carbocycles. The Morgan fingerprint density at radius 3 is 2.09 bits per heavy atom. The van der Waals surface area contributed by atoms with Crippen molar-refractivity contribution in [2.45, 2.75) is 92.0 Å². The summed E-state index contributed by atoms with van der Waals surface area (Å²) in [4.78, 5) is 40.9. The normalized spacial score (nSPS) is 13.8. The number of ether oxygens (including phenoxy) is 1. The van der Waals surface area contributed by atoms with Gasteiger partial charge in [0.2, 0.25) is 11.8 Å². The molecule has 2 unspecified atom stereocenters. The van der Waals surface area contributed by atoms with Crippen LogP contribution in [0.2, 0.25) is 0 Å². The first-order valence-electron chi connectivity index (χ1n) is 11.5. The van der Waals surface area contributed by atoms with Crippen molar-refractivity contribution in [2.75, 3.05) is 6.54 Å². The van der Waals surface area contributed by atoms with Crippen LogP contribution in [0, 0.1) is 5.92 Å². The van der Waals surface area contributed by atoms with Gasteiger partial charge in [0.25, 0.3) is 0 Å². The number of phenolic OH excluding ortho intramolecular Hbond substituents is 1. The van der Waals surface area contributed by atoms with Gasteiger partial charge < -0.3 is 25.4 Å². The van der Waals surface area contributed by atoms with Gasteiger partial charge in [-0.2, -0.15) is 0 Å². The Bertz CT molecular complexity index is 824. The Hall–Kier alpha value is -2.77. The molecule has 3 amide bonds. The van der Waals surface area contributed by atoms with E-state index in [1.807, 2.05) is 34.6 Å². The molecule has 0 fully saturated rings. The van der Waals surface area contributed by atoms with Gasteiger partial charge in [0.05, 0.1) is 0 Å². The van der Waals surface area contributed by atoms with E-state index in [9.17, 15) is 19.5 Å². The maximum absolute atomic E-state index is 13.7. The minimum Gasteiger partial charge on any atom is -0.508 e. The van der Waals surface area contributed by atoms with Gasteiger partial charge in [-0.15, -0.1) is 0 Å². The monoisotopic (exact) mass is 463 g/mol. The van der Waals surface area contributed by atoms with Gasteiger partial charge in [-0.1, -0.05) is 32.0 Å². The highest BCUT2D eigenvalue weighted by Crippen LogP contribution is 2.30. The second-order valence-electron chi connectivity index (χ2n) is 10.7. The van der Waals surface area contributed by atoms with Gasteiger partial charge in [0, 0.05) is 17.6 Å². The standard InChI is InChI=1S/C25H41N3O5/c1-10-28(22(31)18(15-16(2)3)26-23(32)33-25(7,8)9)20(21(30)27-24(4,5)6)17-13-11-12-14-19(17)29/h11-14,16,18,20,29H,10,15H2,1-9H3,(H,26,32)(H,27,30). The van der Waals surface area contributed by atoms with E-state index in [2.05, 4.69) is 10.6 Å². The van der Waals surface area contributed by atoms with Crippen LogP contribution in [0.1, 0.15) is 80.3 Å². The molecule has 0 bridgehead atoms. The molecule has 3 N–H and O–H groups in total. The third kappa shape index (κ3) is 9.32. The number of alkyl carbamates (subject to hydrolysis) is 1. The predicted octanol–water partition coefficient (Wildman–Crippen LogP) is 4.14. The Morgan fingerprint density at radius 2 is 1.64 bits per heavy atom. The molecule has 0 aliphatic carbocycles. The van der Waals surface area contributed by atoms with Crippen LogP contribution in [0.5, 0.6) is 5.75 Å². The summed E-state index contributed by atoms with van der Waals surface area (Å²) in [6, 6.07) is 4.50. The molecular formula is C25H41N3O5. The SMILES string of the molecule is CCN(C(=O)C(CC(C)C)NC(=O)OC(C)(C)C)C(C(=O)NC(C)(C)C)c1ccccc1O. The van der Waals surface area contributed by atoms with Crippen LogP contribution in [0.4, 0.5) is 4.79 Å². The number of carbonyl (C=O) groups excluding carboxylic acids is 3. The highest BCUT2D eigenvalue weighted by molar-refractivity contribution is 5.92. The molecular weight excluding hydrogens is 422 g/mol. The zero-order valence-corrected chi connectivity index (χ0v) is 21.5. The molecule has 0 saturated heterocycles. The lowest BCUT2D eigenvalue weighted by atomic mass is 9.98. The molecule has 33 heavy (non-hydrogen) atoms. The number of likely N-dealkylation sites (N-methyl/N-ethyl adjacent to an activating group) is 1. The van der Waals surface area contributed by atoms with E-state index in [1.54, 1.807) is 45.9 Å². The molecule has 1 rings (SSSR count). The average Bonchev–Trinajstić information content (AvgIpc) is 2.62. The number of hydrogen-bond donors (Lipinski definition) is 3. The van der Waals surface area contributed by atoms with Crippen LogP contribution >= 0.6 is 0 Å². The number of phenols is 1. The molecule has 186 valence electrons. The summed E-state index contributed by atoms with van der Waals surface area (Å²) >= 11 is 0. The third-order valence-corrected chi connectivity index (χ3v) is 4.61. The van der Waals surface area contributed by atoms with Crippen LogP contribution < -0.4 is 10.6 Å². The van der Waals surface area contributed by atoms with Crippen molar-refractivity contribution in [3.8, 4) is 5.75 Å². The predicted molar refractivity (Wildman–Crippen MR) is 129 cm³/mol. The van der Waals surface area contributed by atoms with Crippen LogP contribution in [0.25, 0.3) is 0 Å². The number of carbonyl (C=O) groups is 3. The Morgan fingerprint density at radius 1 is 1.06 bits per heavy atom. The molecule has 0 aliphatic heterocycles. The molecule has 8 nitrogen and oxygen atoms in total. The van der Waals surface area contributed by atoms with Gasteiger partial charge in [0.1, 0.15) is 23.4 Å². The molecule has 0 heterocycles. The van der Waals surface area contributed by atoms with E-state index in [0.29, 0.717) is 12.0 Å². The lowest BCUT2D eigenvalue weighted by Gasteiger charge is -2.35. The topological polar surface area (TPSA) is 108 Å². The summed E-state index contributed by atoms with van der Waals surface area (Å²) in [5, 5.41) is 16.1. The number of benzene rings is 1. The minimum atomic E-state index is -1.07. The second-order valence-corrected chi connectivity index (χ2v) is 10.7. The third-order valence-electron chi connectivity index (χ3n) is 4.61. The summed E-state index contributed by atoms with van der Waals surface area (Å²) in [7, 11) is 0. The molecule has 0 spiro atoms. The van der Waals surface area contributed by atoms with E-state index in [-0.39, 0.29) is 18.2 Å². The van der Waals surface area contributed by atoms with Crippen molar-refractivity contribution in [1.82, 2.24) is 15.5 Å². The van der Waals surface area contributed by atoms with Crippen molar-refractivity contribution in [1.29, 1.82) is 0 Å². The highest BCUT2D eigenvalue weighted by Gasteiger charge is 2.37. The molecule has 0 radical (unpaired) electrons. The number of hydrogen-bond acceptors (Lipinski definition) is 5. The quantitative estimate of drug-likeness (QED) is 0.537. The first kappa shape index (κ1) is 28.3. The van der Waals surface area contributed by atoms with E-state index < -0.39 is 41.1 Å². The van der Waals surface area contributed by atoms with Crippen molar-refractivity contribution >= 4 is 17.9 Å². The van der Waals surface area contributed by atoms with Crippen molar-refractivity contribution < 1.29 is 24.2 Å². The molecule has 1 aromatic rings. The highest BCUT2D eigenvalue weighted by atomic mass is 16.6. The lowest BCUT2D eigenvalue weighted by molar-refractivity contribution is -0.143. The maximum atomic E-state index is 13.7. The smallest absolute Gasteiger partial charge is 0.408 e. The Labute approximate surface area is 198 Å². The fraction of sp³-hybridized carbons (Fsp3) is 0.640. The fourth-order valence-corrected chi connectivity index (χ4v) is 3.42. The van der Waals surface area contributed by atoms with E-state index >= 15 is 0 Å². The number of aromatic hydroxyl groups is 1. The van der Waals surface area contributed by atoms with Gasteiger partial charge >= 0.3 is 6.09 Å². The lowest BCUT2D eigenvalue weighted by Crippen LogP contribution is -2.54. The summed E-state index contributed by atoms with van der Waals surface area (Å²) in [5.41, 5.74) is -0.950. The Kier molecular flexibility index (Phi) is 9.75. The second kappa shape index (κ2) is 11.4. The number of nitrogens with zero attached hydrogens (tertiary/aromatic N) is 1. The number of para-hydroxylation sites is 1. The van der Waals surface area contributed by atoms with Gasteiger partial charge in [-0.3, -0.25) is 9.59 Å².